The molecule has 1 aliphatic rings. The van der Waals surface area contributed by atoms with Gasteiger partial charge in [0.1, 0.15) is 11.2 Å². The van der Waals surface area contributed by atoms with Crippen molar-refractivity contribution in [1.82, 2.24) is 15.0 Å². The molecule has 0 bridgehead atoms. The van der Waals surface area contributed by atoms with Crippen molar-refractivity contribution in [1.29, 1.82) is 0 Å². The number of rotatable bonds is 7. The Morgan fingerprint density at radius 3 is 1.84 bits per heavy atom. The monoisotopic (exact) mass is 821 g/mol. The molecule has 11 aromatic rings. The molecule has 0 spiro atoms. The summed E-state index contributed by atoms with van der Waals surface area (Å²) in [5.74, 6) is 2.27. The summed E-state index contributed by atoms with van der Waals surface area (Å²) in [5.41, 5.74) is 11.4. The van der Waals surface area contributed by atoms with Crippen molar-refractivity contribution in [3.8, 4) is 56.4 Å². The predicted molar refractivity (Wildman–Crippen MR) is 266 cm³/mol. The summed E-state index contributed by atoms with van der Waals surface area (Å²) in [4.78, 5) is 15.4. The SMILES string of the molecule is C=CC1c2cc(-c3nc(-c4ccccc4)nc(-c4cccc(-c5cccc6oc7ccc(-c8ccc9ccc%10c%11ccccc%11ccc%10c9c8)cc7c56)c4)n3)ccc2C(C)(C)C1C=C. The van der Waals surface area contributed by atoms with E-state index in [0.717, 1.165) is 60.9 Å². The van der Waals surface area contributed by atoms with Gasteiger partial charge in [-0.2, -0.15) is 0 Å². The van der Waals surface area contributed by atoms with Crippen LogP contribution in [0.3, 0.4) is 0 Å². The van der Waals surface area contributed by atoms with Crippen LogP contribution in [0, 0.1) is 5.92 Å². The molecule has 0 aliphatic heterocycles. The molecule has 2 heterocycles. The van der Waals surface area contributed by atoms with Crippen LogP contribution in [0.15, 0.2) is 206 Å². The van der Waals surface area contributed by atoms with E-state index < -0.39 is 0 Å². The topological polar surface area (TPSA) is 51.8 Å². The van der Waals surface area contributed by atoms with Gasteiger partial charge in [0.25, 0.3) is 0 Å². The number of fused-ring (bicyclic) bond motifs is 9. The minimum absolute atomic E-state index is 0.0685. The van der Waals surface area contributed by atoms with Crippen LogP contribution in [0.2, 0.25) is 0 Å². The van der Waals surface area contributed by atoms with Crippen LogP contribution in [0.25, 0.3) is 111 Å². The summed E-state index contributed by atoms with van der Waals surface area (Å²) in [5, 5.41) is 9.67. The highest BCUT2D eigenvalue weighted by Gasteiger charge is 2.43. The molecule has 1 aliphatic carbocycles. The zero-order valence-corrected chi connectivity index (χ0v) is 35.7. The first-order chi connectivity index (χ1) is 31.4. The number of benzene rings is 9. The van der Waals surface area contributed by atoms with Gasteiger partial charge in [0.15, 0.2) is 17.5 Å². The van der Waals surface area contributed by atoms with Gasteiger partial charge in [-0.15, -0.1) is 13.2 Å². The average Bonchev–Trinajstić information content (AvgIpc) is 3.83. The van der Waals surface area contributed by atoms with E-state index in [1.54, 1.807) is 0 Å². The van der Waals surface area contributed by atoms with Gasteiger partial charge in [-0.1, -0.05) is 166 Å². The van der Waals surface area contributed by atoms with E-state index in [0.29, 0.717) is 17.5 Å². The Bertz CT molecular complexity index is 3710. The summed E-state index contributed by atoms with van der Waals surface area (Å²) in [6.07, 6.45) is 4.13. The highest BCUT2D eigenvalue weighted by atomic mass is 16.3. The van der Waals surface area contributed by atoms with E-state index in [1.165, 1.54) is 43.4 Å². The maximum Gasteiger partial charge on any atom is 0.164 e. The fraction of sp³-hybridized carbons (Fsp3) is 0.0833. The normalized spacial score (nSPS) is 15.6. The fourth-order valence-corrected chi connectivity index (χ4v) is 10.5. The molecular formula is C60H43N3O. The van der Waals surface area contributed by atoms with Crippen LogP contribution in [0.4, 0.5) is 0 Å². The molecule has 0 radical (unpaired) electrons. The van der Waals surface area contributed by atoms with Crippen molar-refractivity contribution in [2.75, 3.05) is 0 Å². The van der Waals surface area contributed by atoms with Crippen LogP contribution >= 0.6 is 0 Å². The molecule has 0 fully saturated rings. The molecule has 4 heteroatoms. The molecule has 2 unspecified atom stereocenters. The molecule has 0 saturated carbocycles. The summed E-state index contributed by atoms with van der Waals surface area (Å²) in [7, 11) is 0. The number of furan rings is 1. The van der Waals surface area contributed by atoms with Crippen LogP contribution in [0.1, 0.15) is 30.9 Å². The highest BCUT2D eigenvalue weighted by Crippen LogP contribution is 2.52. The Labute approximate surface area is 371 Å². The summed E-state index contributed by atoms with van der Waals surface area (Å²) >= 11 is 0. The largest absolute Gasteiger partial charge is 0.456 e. The maximum absolute atomic E-state index is 6.55. The molecule has 0 N–H and O–H groups in total. The van der Waals surface area contributed by atoms with E-state index in [1.807, 2.05) is 30.3 Å². The smallest absolute Gasteiger partial charge is 0.164 e. The van der Waals surface area contributed by atoms with E-state index in [2.05, 4.69) is 185 Å². The van der Waals surface area contributed by atoms with Crippen LogP contribution in [-0.2, 0) is 5.41 Å². The second kappa shape index (κ2) is 14.6. The van der Waals surface area contributed by atoms with Gasteiger partial charge in [-0.3, -0.25) is 0 Å². The van der Waals surface area contributed by atoms with E-state index in [-0.39, 0.29) is 17.3 Å². The van der Waals surface area contributed by atoms with Crippen molar-refractivity contribution >= 4 is 54.3 Å². The molecule has 12 rings (SSSR count). The highest BCUT2D eigenvalue weighted by molar-refractivity contribution is 6.18. The lowest BCUT2D eigenvalue weighted by Gasteiger charge is -2.27. The third-order valence-corrected chi connectivity index (χ3v) is 13.8. The van der Waals surface area contributed by atoms with E-state index in [4.69, 9.17) is 19.4 Å². The van der Waals surface area contributed by atoms with Gasteiger partial charge in [-0.25, -0.2) is 15.0 Å². The van der Waals surface area contributed by atoms with Gasteiger partial charge < -0.3 is 4.42 Å². The molecule has 304 valence electrons. The molecule has 64 heavy (non-hydrogen) atoms. The quantitative estimate of drug-likeness (QED) is 0.119. The third-order valence-electron chi connectivity index (χ3n) is 13.8. The van der Waals surface area contributed by atoms with Crippen molar-refractivity contribution in [2.45, 2.75) is 25.2 Å². The van der Waals surface area contributed by atoms with E-state index in [9.17, 15) is 0 Å². The molecule has 9 aromatic carbocycles. The standard InChI is InChI=1S/C60H43N3O/c1-5-44-50-35-43(26-30-53(50)60(3,4)52(44)6-2)59-62-57(38-15-8-7-9-16-38)61-58(63-59)42-18-12-17-41(32-42)46-20-13-21-55-56(46)51-34-40(27-31-54(51)64-55)39-23-22-37-25-28-47-45-19-11-10-14-36(45)24-29-48(47)49(37)33-39/h5-35,44,52H,1-2H2,3-4H3. The number of hydrogen-bond donors (Lipinski definition) is 0. The van der Waals surface area contributed by atoms with Crippen LogP contribution in [0.5, 0.6) is 0 Å². The predicted octanol–water partition coefficient (Wildman–Crippen LogP) is 15.9. The van der Waals surface area contributed by atoms with Gasteiger partial charge in [0.05, 0.1) is 0 Å². The maximum atomic E-state index is 6.55. The lowest BCUT2D eigenvalue weighted by Crippen LogP contribution is -2.23. The first-order valence-corrected chi connectivity index (χ1v) is 22.0. The van der Waals surface area contributed by atoms with Gasteiger partial charge in [0.2, 0.25) is 0 Å². The van der Waals surface area contributed by atoms with Crippen LogP contribution in [-0.4, -0.2) is 15.0 Å². The molecule has 0 amide bonds. The van der Waals surface area contributed by atoms with Crippen LogP contribution < -0.4 is 0 Å². The minimum Gasteiger partial charge on any atom is -0.456 e. The van der Waals surface area contributed by atoms with Crippen molar-refractivity contribution in [3.05, 3.63) is 212 Å². The first-order valence-electron chi connectivity index (χ1n) is 22.0. The first kappa shape index (κ1) is 37.8. The Hall–Kier alpha value is -7.95. The number of hydrogen-bond acceptors (Lipinski definition) is 4. The summed E-state index contributed by atoms with van der Waals surface area (Å²) in [6, 6.07) is 62.6. The second-order valence-corrected chi connectivity index (χ2v) is 17.7. The lowest BCUT2D eigenvalue weighted by molar-refractivity contribution is 0.397. The van der Waals surface area contributed by atoms with Crippen molar-refractivity contribution in [2.24, 2.45) is 5.92 Å². The number of allylic oxidation sites excluding steroid dienone is 2. The molecular weight excluding hydrogens is 779 g/mol. The van der Waals surface area contributed by atoms with Gasteiger partial charge in [0, 0.05) is 33.4 Å². The lowest BCUT2D eigenvalue weighted by atomic mass is 9.76. The van der Waals surface area contributed by atoms with Gasteiger partial charge >= 0.3 is 0 Å². The molecule has 0 saturated heterocycles. The Morgan fingerprint density at radius 2 is 1.06 bits per heavy atom. The second-order valence-electron chi connectivity index (χ2n) is 17.7. The fourth-order valence-electron chi connectivity index (χ4n) is 10.5. The Kier molecular flexibility index (Phi) is 8.60. The zero-order valence-electron chi connectivity index (χ0n) is 35.7. The third kappa shape index (κ3) is 5.94. The Morgan fingerprint density at radius 1 is 0.453 bits per heavy atom. The summed E-state index contributed by atoms with van der Waals surface area (Å²) in [6.45, 7) is 13.0. The molecule has 2 atom stereocenters. The minimum atomic E-state index is -0.0685. The van der Waals surface area contributed by atoms with Crippen molar-refractivity contribution < 1.29 is 4.42 Å². The molecule has 2 aromatic heterocycles. The van der Waals surface area contributed by atoms with Gasteiger partial charge in [-0.05, 0) is 113 Å². The van der Waals surface area contributed by atoms with E-state index >= 15 is 0 Å². The average molecular weight is 822 g/mol. The Balaban J connectivity index is 0.973. The number of aromatic nitrogens is 3. The zero-order chi connectivity index (χ0) is 43.1. The molecule has 4 nitrogen and oxygen atoms in total. The van der Waals surface area contributed by atoms with Crippen molar-refractivity contribution in [3.63, 3.8) is 0 Å². The number of nitrogens with zero attached hydrogens (tertiary/aromatic N) is 3. The summed E-state index contributed by atoms with van der Waals surface area (Å²) < 4.78 is 6.55.